The summed E-state index contributed by atoms with van der Waals surface area (Å²) in [7, 11) is 4.80. The van der Waals surface area contributed by atoms with E-state index in [2.05, 4.69) is 5.32 Å². The minimum atomic E-state index is -0.187. The quantitative estimate of drug-likeness (QED) is 0.578. The van der Waals surface area contributed by atoms with Crippen LogP contribution in [-0.4, -0.2) is 33.3 Å². The lowest BCUT2D eigenvalue weighted by atomic mass is 10.1. The highest BCUT2D eigenvalue weighted by molar-refractivity contribution is 5.92. The Labute approximate surface area is 184 Å². The van der Waals surface area contributed by atoms with Crippen LogP contribution in [0.4, 0.5) is 0 Å². The summed E-state index contributed by atoms with van der Waals surface area (Å²) in [6.07, 6.45) is 8.11. The van der Waals surface area contributed by atoms with E-state index in [4.69, 9.17) is 18.9 Å². The first-order valence-corrected chi connectivity index (χ1v) is 10.6. The Balaban J connectivity index is 1.63. The van der Waals surface area contributed by atoms with Gasteiger partial charge in [-0.05, 0) is 74.1 Å². The molecular formula is C25H31NO5. The number of carbonyl (C=O) groups is 1. The molecule has 31 heavy (non-hydrogen) atoms. The second-order valence-electron chi connectivity index (χ2n) is 7.61. The zero-order valence-corrected chi connectivity index (χ0v) is 18.6. The first-order valence-electron chi connectivity index (χ1n) is 10.6. The van der Waals surface area contributed by atoms with Crippen molar-refractivity contribution in [1.82, 2.24) is 5.32 Å². The summed E-state index contributed by atoms with van der Waals surface area (Å²) >= 11 is 0. The van der Waals surface area contributed by atoms with E-state index in [9.17, 15) is 4.79 Å². The fourth-order valence-electron chi connectivity index (χ4n) is 3.71. The van der Waals surface area contributed by atoms with Crippen LogP contribution in [0.3, 0.4) is 0 Å². The van der Waals surface area contributed by atoms with Crippen LogP contribution in [-0.2, 0) is 4.79 Å². The van der Waals surface area contributed by atoms with Gasteiger partial charge in [-0.1, -0.05) is 12.1 Å². The molecule has 1 unspecified atom stereocenters. The molecule has 1 fully saturated rings. The van der Waals surface area contributed by atoms with E-state index in [0.29, 0.717) is 17.2 Å². The lowest BCUT2D eigenvalue weighted by molar-refractivity contribution is -0.117. The predicted octanol–water partition coefficient (Wildman–Crippen LogP) is 4.92. The van der Waals surface area contributed by atoms with Crippen LogP contribution in [0.15, 0.2) is 42.5 Å². The second-order valence-corrected chi connectivity index (χ2v) is 7.61. The Morgan fingerprint density at radius 3 is 2.26 bits per heavy atom. The molecule has 6 nitrogen and oxygen atoms in total. The smallest absolute Gasteiger partial charge is 0.244 e. The molecule has 0 heterocycles. The Hall–Kier alpha value is -3.15. The van der Waals surface area contributed by atoms with Crippen LogP contribution in [0.5, 0.6) is 23.0 Å². The molecule has 166 valence electrons. The van der Waals surface area contributed by atoms with Gasteiger partial charge in [-0.15, -0.1) is 0 Å². The van der Waals surface area contributed by atoms with Crippen molar-refractivity contribution in [3.8, 4) is 23.0 Å². The van der Waals surface area contributed by atoms with E-state index in [1.54, 1.807) is 33.5 Å². The number of benzene rings is 2. The van der Waals surface area contributed by atoms with Crippen LogP contribution in [0.25, 0.3) is 6.08 Å². The van der Waals surface area contributed by atoms with Crippen molar-refractivity contribution in [3.05, 3.63) is 53.6 Å². The molecule has 1 atom stereocenters. The number of ether oxygens (including phenoxy) is 4. The van der Waals surface area contributed by atoms with Crippen LogP contribution >= 0.6 is 0 Å². The molecule has 0 aliphatic heterocycles. The van der Waals surface area contributed by atoms with Crippen LogP contribution in [0.1, 0.15) is 49.8 Å². The normalized spacial score (nSPS) is 15.0. The molecular weight excluding hydrogens is 394 g/mol. The molecule has 1 amide bonds. The summed E-state index contributed by atoms with van der Waals surface area (Å²) in [5, 5.41) is 2.98. The Bertz CT molecular complexity index is 918. The third kappa shape index (κ3) is 5.94. The summed E-state index contributed by atoms with van der Waals surface area (Å²) in [6, 6.07) is 11.1. The van der Waals surface area contributed by atoms with Gasteiger partial charge in [0.25, 0.3) is 0 Å². The van der Waals surface area contributed by atoms with Gasteiger partial charge >= 0.3 is 0 Å². The van der Waals surface area contributed by atoms with Crippen molar-refractivity contribution in [2.75, 3.05) is 21.3 Å². The van der Waals surface area contributed by atoms with E-state index in [0.717, 1.165) is 29.7 Å². The minimum absolute atomic E-state index is 0.183. The molecule has 1 saturated carbocycles. The van der Waals surface area contributed by atoms with Crippen molar-refractivity contribution >= 4 is 12.0 Å². The maximum Gasteiger partial charge on any atom is 0.244 e. The number of methoxy groups -OCH3 is 3. The molecule has 0 aromatic heterocycles. The third-order valence-corrected chi connectivity index (χ3v) is 5.48. The SMILES string of the molecule is COc1ccc(/C=C/C(=O)NC(C)c2ccc(OC3CCCC3)c(OC)c2)cc1OC. The van der Waals surface area contributed by atoms with E-state index in [1.807, 2.05) is 37.3 Å². The van der Waals surface area contributed by atoms with Gasteiger partial charge in [0, 0.05) is 6.08 Å². The van der Waals surface area contributed by atoms with Gasteiger partial charge < -0.3 is 24.3 Å². The molecule has 1 N–H and O–H groups in total. The molecule has 6 heteroatoms. The van der Waals surface area contributed by atoms with Gasteiger partial charge in [0.05, 0.1) is 33.5 Å². The zero-order chi connectivity index (χ0) is 22.2. The molecule has 0 bridgehead atoms. The van der Waals surface area contributed by atoms with Crippen LogP contribution in [0.2, 0.25) is 0 Å². The monoisotopic (exact) mass is 425 g/mol. The summed E-state index contributed by atoms with van der Waals surface area (Å²) in [5.41, 5.74) is 1.79. The standard InChI is InChI=1S/C25H31NO5/c1-17(19-11-13-22(24(16-19)30-4)31-20-7-5-6-8-20)26-25(27)14-10-18-9-12-21(28-2)23(15-18)29-3/h9-17,20H,5-8H2,1-4H3,(H,26,27)/b14-10+. The first kappa shape index (κ1) is 22.5. The van der Waals surface area contributed by atoms with Crippen molar-refractivity contribution < 1.29 is 23.7 Å². The predicted molar refractivity (Wildman–Crippen MR) is 121 cm³/mol. The number of nitrogens with one attached hydrogen (secondary N) is 1. The minimum Gasteiger partial charge on any atom is -0.493 e. The largest absolute Gasteiger partial charge is 0.493 e. The first-order chi connectivity index (χ1) is 15.0. The average Bonchev–Trinajstić information content (AvgIpc) is 3.30. The van der Waals surface area contributed by atoms with Gasteiger partial charge in [-0.25, -0.2) is 0 Å². The molecule has 1 aliphatic rings. The van der Waals surface area contributed by atoms with Gasteiger partial charge in [0.2, 0.25) is 5.91 Å². The van der Waals surface area contributed by atoms with Crippen molar-refractivity contribution in [3.63, 3.8) is 0 Å². The number of rotatable bonds is 9. The number of amides is 1. The highest BCUT2D eigenvalue weighted by Gasteiger charge is 2.19. The highest BCUT2D eigenvalue weighted by atomic mass is 16.5. The van der Waals surface area contributed by atoms with E-state index in [1.165, 1.54) is 18.9 Å². The summed E-state index contributed by atoms with van der Waals surface area (Å²) in [6.45, 7) is 1.94. The Morgan fingerprint density at radius 1 is 0.935 bits per heavy atom. The Kier molecular flexibility index (Phi) is 7.82. The molecule has 3 rings (SSSR count). The second kappa shape index (κ2) is 10.8. The third-order valence-electron chi connectivity index (χ3n) is 5.48. The summed E-state index contributed by atoms with van der Waals surface area (Å²) in [5.74, 6) is 2.52. The maximum atomic E-state index is 12.4. The van der Waals surface area contributed by atoms with Crippen molar-refractivity contribution in [1.29, 1.82) is 0 Å². The lowest BCUT2D eigenvalue weighted by Gasteiger charge is -2.19. The highest BCUT2D eigenvalue weighted by Crippen LogP contribution is 2.34. The van der Waals surface area contributed by atoms with Crippen LogP contribution < -0.4 is 24.3 Å². The van der Waals surface area contributed by atoms with E-state index < -0.39 is 0 Å². The fourth-order valence-corrected chi connectivity index (χ4v) is 3.71. The molecule has 1 aliphatic carbocycles. The summed E-state index contributed by atoms with van der Waals surface area (Å²) < 4.78 is 22.1. The van der Waals surface area contributed by atoms with E-state index >= 15 is 0 Å². The van der Waals surface area contributed by atoms with Gasteiger partial charge in [0.15, 0.2) is 23.0 Å². The van der Waals surface area contributed by atoms with Crippen molar-refractivity contribution in [2.24, 2.45) is 0 Å². The Morgan fingerprint density at radius 2 is 1.58 bits per heavy atom. The average molecular weight is 426 g/mol. The summed E-state index contributed by atoms with van der Waals surface area (Å²) in [4.78, 5) is 12.4. The van der Waals surface area contributed by atoms with Crippen molar-refractivity contribution in [2.45, 2.75) is 44.8 Å². The van der Waals surface area contributed by atoms with E-state index in [-0.39, 0.29) is 18.1 Å². The number of hydrogen-bond donors (Lipinski definition) is 1. The lowest BCUT2D eigenvalue weighted by Crippen LogP contribution is -2.24. The molecule has 0 spiro atoms. The van der Waals surface area contributed by atoms with Crippen LogP contribution in [0, 0.1) is 0 Å². The van der Waals surface area contributed by atoms with Gasteiger partial charge in [-0.2, -0.15) is 0 Å². The molecule has 0 radical (unpaired) electrons. The fraction of sp³-hybridized carbons (Fsp3) is 0.400. The number of carbonyl (C=O) groups excluding carboxylic acids is 1. The topological polar surface area (TPSA) is 66.0 Å². The molecule has 2 aromatic carbocycles. The molecule has 0 saturated heterocycles. The zero-order valence-electron chi connectivity index (χ0n) is 18.6. The number of hydrogen-bond acceptors (Lipinski definition) is 5. The van der Waals surface area contributed by atoms with Gasteiger partial charge in [-0.3, -0.25) is 4.79 Å². The maximum absolute atomic E-state index is 12.4. The molecule has 2 aromatic rings. The van der Waals surface area contributed by atoms with Gasteiger partial charge in [0.1, 0.15) is 0 Å².